The smallest absolute Gasteiger partial charge is 0.356 e. The van der Waals surface area contributed by atoms with Crippen LogP contribution in [0.5, 0.6) is 0 Å². The maximum Gasteiger partial charge on any atom is 0.356 e. The molecular formula is C18H22N2O5S. The molecule has 2 aromatic rings. The SMILES string of the molecule is COC(=O)c1cncn1C1c2ccccc2C(OS(C)(=O)=O)CC1(C)C. The zero-order chi connectivity index (χ0) is 19.1. The lowest BCUT2D eigenvalue weighted by atomic mass is 9.69. The van der Waals surface area contributed by atoms with E-state index in [2.05, 4.69) is 4.98 Å². The number of hydrogen-bond acceptors (Lipinski definition) is 6. The minimum atomic E-state index is -3.61. The first-order valence-corrected chi connectivity index (χ1v) is 10.0. The molecule has 26 heavy (non-hydrogen) atoms. The highest BCUT2D eigenvalue weighted by Gasteiger charge is 2.44. The van der Waals surface area contributed by atoms with Crippen LogP contribution in [0.25, 0.3) is 0 Å². The van der Waals surface area contributed by atoms with E-state index in [1.54, 1.807) is 10.9 Å². The van der Waals surface area contributed by atoms with Gasteiger partial charge < -0.3 is 9.30 Å². The van der Waals surface area contributed by atoms with Crippen LogP contribution in [0.3, 0.4) is 0 Å². The van der Waals surface area contributed by atoms with E-state index in [-0.39, 0.29) is 6.04 Å². The molecule has 1 aromatic heterocycles. The number of methoxy groups -OCH3 is 1. The van der Waals surface area contributed by atoms with Crippen molar-refractivity contribution in [2.75, 3.05) is 13.4 Å². The summed E-state index contributed by atoms with van der Waals surface area (Å²) in [6.07, 6.45) is 4.04. The second-order valence-corrected chi connectivity index (χ2v) is 8.79. The maximum atomic E-state index is 12.1. The molecule has 8 heteroatoms. The lowest BCUT2D eigenvalue weighted by Crippen LogP contribution is -2.37. The number of carbonyl (C=O) groups is 1. The summed E-state index contributed by atoms with van der Waals surface area (Å²) in [5.41, 5.74) is 1.66. The van der Waals surface area contributed by atoms with Crippen molar-refractivity contribution in [3.05, 3.63) is 53.6 Å². The number of carbonyl (C=O) groups excluding carboxylic acids is 1. The van der Waals surface area contributed by atoms with Crippen molar-refractivity contribution < 1.29 is 22.1 Å². The van der Waals surface area contributed by atoms with Gasteiger partial charge in [-0.2, -0.15) is 8.42 Å². The van der Waals surface area contributed by atoms with Crippen molar-refractivity contribution >= 4 is 16.1 Å². The predicted molar refractivity (Wildman–Crippen MR) is 95.2 cm³/mol. The number of aromatic nitrogens is 2. The molecule has 0 radical (unpaired) electrons. The first kappa shape index (κ1) is 18.6. The normalized spacial score (nSPS) is 21.8. The molecule has 0 spiro atoms. The summed E-state index contributed by atoms with van der Waals surface area (Å²) in [6, 6.07) is 7.32. The highest BCUT2D eigenvalue weighted by Crippen LogP contribution is 2.51. The lowest BCUT2D eigenvalue weighted by molar-refractivity contribution is 0.0570. The molecule has 1 aliphatic rings. The average molecular weight is 378 g/mol. The Morgan fingerprint density at radius 3 is 2.54 bits per heavy atom. The summed E-state index contributed by atoms with van der Waals surface area (Å²) in [4.78, 5) is 16.2. The molecule has 0 fully saturated rings. The Hall–Kier alpha value is -2.19. The third-order valence-electron chi connectivity index (χ3n) is 4.72. The Kier molecular flexibility index (Phi) is 4.66. The molecule has 0 bridgehead atoms. The predicted octanol–water partition coefficient (Wildman–Crippen LogP) is 2.71. The molecule has 1 heterocycles. The number of nitrogens with zero attached hydrogens (tertiary/aromatic N) is 2. The zero-order valence-electron chi connectivity index (χ0n) is 15.2. The van der Waals surface area contributed by atoms with Crippen molar-refractivity contribution in [1.82, 2.24) is 9.55 Å². The third kappa shape index (κ3) is 3.39. The van der Waals surface area contributed by atoms with Gasteiger partial charge in [0.2, 0.25) is 0 Å². The van der Waals surface area contributed by atoms with Crippen LogP contribution >= 0.6 is 0 Å². The molecule has 0 saturated carbocycles. The van der Waals surface area contributed by atoms with Gasteiger partial charge in [-0.3, -0.25) is 4.18 Å². The fraction of sp³-hybridized carbons (Fsp3) is 0.444. The van der Waals surface area contributed by atoms with Crippen LogP contribution in [0.15, 0.2) is 36.8 Å². The average Bonchev–Trinajstić information content (AvgIpc) is 3.01. The molecule has 7 nitrogen and oxygen atoms in total. The van der Waals surface area contributed by atoms with Gasteiger partial charge in [0, 0.05) is 0 Å². The number of fused-ring (bicyclic) bond motifs is 1. The standard InChI is InChI=1S/C18H22N2O5S/c1-18(2)9-15(25-26(4,22)23)12-7-5-6-8-13(12)16(18)20-11-19-10-14(20)17(21)24-3/h5-8,10-11,15-16H,9H2,1-4H3. The molecule has 2 atom stereocenters. The molecule has 1 aromatic carbocycles. The van der Waals surface area contributed by atoms with Crippen molar-refractivity contribution in [3.8, 4) is 0 Å². The Morgan fingerprint density at radius 1 is 1.27 bits per heavy atom. The Bertz CT molecular complexity index is 933. The van der Waals surface area contributed by atoms with Gasteiger partial charge in [0.15, 0.2) is 0 Å². The second-order valence-electron chi connectivity index (χ2n) is 7.19. The monoisotopic (exact) mass is 378 g/mol. The summed E-state index contributed by atoms with van der Waals surface area (Å²) in [6.45, 7) is 4.04. The van der Waals surface area contributed by atoms with Crippen LogP contribution in [0.4, 0.5) is 0 Å². The van der Waals surface area contributed by atoms with Crippen LogP contribution < -0.4 is 0 Å². The molecule has 3 rings (SSSR count). The van der Waals surface area contributed by atoms with E-state index in [9.17, 15) is 13.2 Å². The number of esters is 1. The number of hydrogen-bond donors (Lipinski definition) is 0. The quantitative estimate of drug-likeness (QED) is 0.600. The van der Waals surface area contributed by atoms with Crippen LogP contribution in [0.2, 0.25) is 0 Å². The second kappa shape index (κ2) is 6.51. The van der Waals surface area contributed by atoms with E-state index < -0.39 is 27.6 Å². The number of rotatable bonds is 4. The molecular weight excluding hydrogens is 356 g/mol. The first-order chi connectivity index (χ1) is 12.1. The molecule has 1 aliphatic carbocycles. The summed E-state index contributed by atoms with van der Waals surface area (Å²) in [5, 5.41) is 0. The highest BCUT2D eigenvalue weighted by atomic mass is 32.2. The van der Waals surface area contributed by atoms with E-state index >= 15 is 0 Å². The van der Waals surface area contributed by atoms with Crippen LogP contribution in [-0.2, 0) is 19.0 Å². The molecule has 0 N–H and O–H groups in total. The van der Waals surface area contributed by atoms with E-state index in [0.29, 0.717) is 12.1 Å². The Labute approximate surface area is 153 Å². The number of imidazole rings is 1. The van der Waals surface area contributed by atoms with Gasteiger partial charge in [-0.25, -0.2) is 9.78 Å². The molecule has 0 aliphatic heterocycles. The molecule has 0 amide bonds. The Morgan fingerprint density at radius 2 is 1.92 bits per heavy atom. The maximum absolute atomic E-state index is 12.1. The van der Waals surface area contributed by atoms with Gasteiger partial charge in [-0.1, -0.05) is 38.1 Å². The zero-order valence-corrected chi connectivity index (χ0v) is 16.0. The van der Waals surface area contributed by atoms with Gasteiger partial charge in [-0.05, 0) is 23.0 Å². The van der Waals surface area contributed by atoms with Gasteiger partial charge in [-0.15, -0.1) is 0 Å². The topological polar surface area (TPSA) is 87.5 Å². The Balaban J connectivity index is 2.16. The minimum Gasteiger partial charge on any atom is -0.464 e. The van der Waals surface area contributed by atoms with Gasteiger partial charge in [0.05, 0.1) is 31.9 Å². The largest absolute Gasteiger partial charge is 0.464 e. The summed E-state index contributed by atoms with van der Waals surface area (Å²) >= 11 is 0. The molecule has 0 saturated heterocycles. The van der Waals surface area contributed by atoms with Crippen molar-refractivity contribution in [2.45, 2.75) is 32.4 Å². The van der Waals surface area contributed by atoms with Crippen LogP contribution in [0.1, 0.15) is 54.0 Å². The summed E-state index contributed by atoms with van der Waals surface area (Å²) in [5.74, 6) is -0.467. The summed E-state index contributed by atoms with van der Waals surface area (Å²) in [7, 11) is -2.28. The fourth-order valence-corrected chi connectivity index (χ4v) is 4.36. The van der Waals surface area contributed by atoms with E-state index in [1.807, 2.05) is 38.1 Å². The lowest BCUT2D eigenvalue weighted by Gasteiger charge is -2.44. The van der Waals surface area contributed by atoms with Crippen LogP contribution in [0, 0.1) is 5.41 Å². The van der Waals surface area contributed by atoms with E-state index in [4.69, 9.17) is 8.92 Å². The van der Waals surface area contributed by atoms with Crippen molar-refractivity contribution in [2.24, 2.45) is 5.41 Å². The van der Waals surface area contributed by atoms with Crippen molar-refractivity contribution in [1.29, 1.82) is 0 Å². The van der Waals surface area contributed by atoms with Gasteiger partial charge >= 0.3 is 5.97 Å². The van der Waals surface area contributed by atoms with Crippen LogP contribution in [-0.4, -0.2) is 37.3 Å². The van der Waals surface area contributed by atoms with E-state index in [0.717, 1.165) is 17.4 Å². The number of ether oxygens (including phenoxy) is 1. The molecule has 2 unspecified atom stereocenters. The van der Waals surface area contributed by atoms with Crippen molar-refractivity contribution in [3.63, 3.8) is 0 Å². The summed E-state index contributed by atoms with van der Waals surface area (Å²) < 4.78 is 35.4. The third-order valence-corrected chi connectivity index (χ3v) is 5.30. The minimum absolute atomic E-state index is 0.213. The van der Waals surface area contributed by atoms with Gasteiger partial charge in [0.1, 0.15) is 11.8 Å². The fourth-order valence-electron chi connectivity index (χ4n) is 3.77. The van der Waals surface area contributed by atoms with E-state index in [1.165, 1.54) is 13.3 Å². The molecule has 140 valence electrons. The highest BCUT2D eigenvalue weighted by molar-refractivity contribution is 7.86. The van der Waals surface area contributed by atoms with Gasteiger partial charge in [0.25, 0.3) is 10.1 Å². The number of benzene rings is 1. The first-order valence-electron chi connectivity index (χ1n) is 8.21.